The SMILES string of the molecule is CC1(C)CC2CC(C)(CN2CC(=O)N2CCNC(=O)C2)C1. The Morgan fingerprint density at radius 2 is 2.10 bits per heavy atom. The molecule has 2 heterocycles. The first-order valence-electron chi connectivity index (χ1n) is 8.05. The Kier molecular flexibility index (Phi) is 3.51. The van der Waals surface area contributed by atoms with E-state index in [1.54, 1.807) is 4.90 Å². The Bertz CT molecular complexity index is 462. The third kappa shape index (κ3) is 3.07. The molecule has 2 aliphatic heterocycles. The third-order valence-corrected chi connectivity index (χ3v) is 5.25. The monoisotopic (exact) mass is 293 g/mol. The van der Waals surface area contributed by atoms with Crippen molar-refractivity contribution in [3.05, 3.63) is 0 Å². The molecule has 2 unspecified atom stereocenters. The van der Waals surface area contributed by atoms with Gasteiger partial charge in [0.05, 0.1) is 13.1 Å². The molecule has 2 amide bonds. The van der Waals surface area contributed by atoms with Crippen molar-refractivity contribution in [3.8, 4) is 0 Å². The Hall–Kier alpha value is -1.10. The second-order valence-electron chi connectivity index (χ2n) is 8.28. The van der Waals surface area contributed by atoms with Crippen LogP contribution in [0.25, 0.3) is 0 Å². The van der Waals surface area contributed by atoms with E-state index in [1.165, 1.54) is 19.3 Å². The van der Waals surface area contributed by atoms with Crippen molar-refractivity contribution >= 4 is 11.8 Å². The van der Waals surface area contributed by atoms with Gasteiger partial charge in [0, 0.05) is 25.7 Å². The molecule has 2 saturated heterocycles. The van der Waals surface area contributed by atoms with Crippen molar-refractivity contribution < 1.29 is 9.59 Å². The highest BCUT2D eigenvalue weighted by atomic mass is 16.2. The lowest BCUT2D eigenvalue weighted by atomic mass is 9.65. The maximum absolute atomic E-state index is 12.5. The van der Waals surface area contributed by atoms with Crippen LogP contribution in [0.1, 0.15) is 40.0 Å². The molecule has 1 N–H and O–H groups in total. The van der Waals surface area contributed by atoms with Gasteiger partial charge in [-0.2, -0.15) is 0 Å². The molecule has 0 radical (unpaired) electrons. The molecule has 0 aromatic heterocycles. The maximum Gasteiger partial charge on any atom is 0.239 e. The smallest absolute Gasteiger partial charge is 0.239 e. The first-order valence-corrected chi connectivity index (χ1v) is 8.05. The molecule has 2 atom stereocenters. The van der Waals surface area contributed by atoms with E-state index in [-0.39, 0.29) is 18.4 Å². The van der Waals surface area contributed by atoms with Gasteiger partial charge in [-0.15, -0.1) is 0 Å². The van der Waals surface area contributed by atoms with E-state index in [0.717, 1.165) is 6.54 Å². The summed E-state index contributed by atoms with van der Waals surface area (Å²) in [5.41, 5.74) is 0.729. The van der Waals surface area contributed by atoms with Crippen LogP contribution < -0.4 is 5.32 Å². The van der Waals surface area contributed by atoms with Crippen LogP contribution in [0.2, 0.25) is 0 Å². The number of rotatable bonds is 2. The highest BCUT2D eigenvalue weighted by Crippen LogP contribution is 2.52. The van der Waals surface area contributed by atoms with Gasteiger partial charge in [0.25, 0.3) is 0 Å². The molecule has 21 heavy (non-hydrogen) atoms. The number of carbonyl (C=O) groups is 2. The Morgan fingerprint density at radius 1 is 1.33 bits per heavy atom. The van der Waals surface area contributed by atoms with E-state index in [2.05, 4.69) is 31.0 Å². The number of nitrogens with zero attached hydrogens (tertiary/aromatic N) is 2. The van der Waals surface area contributed by atoms with Gasteiger partial charge in [0.2, 0.25) is 11.8 Å². The van der Waals surface area contributed by atoms with Gasteiger partial charge in [-0.3, -0.25) is 14.5 Å². The molecule has 3 fully saturated rings. The van der Waals surface area contributed by atoms with E-state index < -0.39 is 0 Å². The molecule has 2 bridgehead atoms. The van der Waals surface area contributed by atoms with E-state index >= 15 is 0 Å². The molecule has 1 saturated carbocycles. The lowest BCUT2D eigenvalue weighted by Gasteiger charge is -2.40. The van der Waals surface area contributed by atoms with Crippen LogP contribution in [0.3, 0.4) is 0 Å². The zero-order chi connectivity index (χ0) is 15.3. The summed E-state index contributed by atoms with van der Waals surface area (Å²) < 4.78 is 0. The molecule has 3 rings (SSSR count). The first kappa shape index (κ1) is 14.8. The van der Waals surface area contributed by atoms with Gasteiger partial charge in [0.15, 0.2) is 0 Å². The molecular weight excluding hydrogens is 266 g/mol. The first-order chi connectivity index (χ1) is 9.76. The van der Waals surface area contributed by atoms with E-state index in [1.807, 2.05) is 0 Å². The number of nitrogens with one attached hydrogen (secondary N) is 1. The zero-order valence-electron chi connectivity index (χ0n) is 13.4. The lowest BCUT2D eigenvalue weighted by molar-refractivity contribution is -0.139. The molecule has 118 valence electrons. The predicted octanol–water partition coefficient (Wildman–Crippen LogP) is 0.845. The van der Waals surface area contributed by atoms with Gasteiger partial charge in [-0.1, -0.05) is 20.8 Å². The fourth-order valence-electron chi connectivity index (χ4n) is 4.89. The van der Waals surface area contributed by atoms with Crippen LogP contribution in [0.4, 0.5) is 0 Å². The maximum atomic E-state index is 12.5. The molecule has 0 aromatic carbocycles. The fourth-order valence-corrected chi connectivity index (χ4v) is 4.89. The van der Waals surface area contributed by atoms with Crippen molar-refractivity contribution in [1.82, 2.24) is 15.1 Å². The Morgan fingerprint density at radius 3 is 2.81 bits per heavy atom. The number of carbonyl (C=O) groups excluding carboxylic acids is 2. The van der Waals surface area contributed by atoms with Gasteiger partial charge < -0.3 is 10.2 Å². The van der Waals surface area contributed by atoms with E-state index in [0.29, 0.717) is 36.5 Å². The summed E-state index contributed by atoms with van der Waals surface area (Å²) in [5.74, 6) is 0.0710. The normalized spacial score (nSPS) is 35.7. The van der Waals surface area contributed by atoms with Crippen LogP contribution in [-0.2, 0) is 9.59 Å². The fraction of sp³-hybridized carbons (Fsp3) is 0.875. The van der Waals surface area contributed by atoms with Crippen LogP contribution in [-0.4, -0.2) is 60.4 Å². The molecule has 1 aliphatic carbocycles. The largest absolute Gasteiger partial charge is 0.353 e. The van der Waals surface area contributed by atoms with Gasteiger partial charge in [-0.25, -0.2) is 0 Å². The minimum absolute atomic E-state index is 0.0390. The standard InChI is InChI=1S/C16H27N3O2/c1-15(2)6-12-7-16(3,10-15)11-19(12)9-14(21)18-5-4-17-13(20)8-18/h12H,4-11H2,1-3H3,(H,17,20). The topological polar surface area (TPSA) is 52.7 Å². The Labute approximate surface area is 127 Å². The average molecular weight is 293 g/mol. The van der Waals surface area contributed by atoms with E-state index in [4.69, 9.17) is 0 Å². The van der Waals surface area contributed by atoms with Crippen molar-refractivity contribution in [2.24, 2.45) is 10.8 Å². The summed E-state index contributed by atoms with van der Waals surface area (Å²) in [6, 6.07) is 0.529. The van der Waals surface area contributed by atoms with Crippen molar-refractivity contribution in [1.29, 1.82) is 0 Å². The molecule has 5 nitrogen and oxygen atoms in total. The van der Waals surface area contributed by atoms with Crippen molar-refractivity contribution in [3.63, 3.8) is 0 Å². The summed E-state index contributed by atoms with van der Waals surface area (Å²) in [5, 5.41) is 2.77. The van der Waals surface area contributed by atoms with Crippen LogP contribution in [0.5, 0.6) is 0 Å². The quantitative estimate of drug-likeness (QED) is 0.821. The van der Waals surface area contributed by atoms with Crippen molar-refractivity contribution in [2.75, 3.05) is 32.7 Å². The summed E-state index contributed by atoms with van der Waals surface area (Å²) in [4.78, 5) is 27.9. The van der Waals surface area contributed by atoms with Gasteiger partial charge >= 0.3 is 0 Å². The van der Waals surface area contributed by atoms with Crippen molar-refractivity contribution in [2.45, 2.75) is 46.1 Å². The van der Waals surface area contributed by atoms with Crippen LogP contribution in [0.15, 0.2) is 0 Å². The number of likely N-dealkylation sites (tertiary alicyclic amines) is 1. The summed E-state index contributed by atoms with van der Waals surface area (Å²) in [6.45, 7) is 10.00. The third-order valence-electron chi connectivity index (χ3n) is 5.25. The van der Waals surface area contributed by atoms with Crippen LogP contribution >= 0.6 is 0 Å². The highest BCUT2D eigenvalue weighted by Gasteiger charge is 2.49. The lowest BCUT2D eigenvalue weighted by Crippen LogP contribution is -2.52. The average Bonchev–Trinajstić information content (AvgIpc) is 2.58. The second kappa shape index (κ2) is 4.97. The predicted molar refractivity (Wildman–Crippen MR) is 80.7 cm³/mol. The number of piperazine rings is 1. The molecule has 3 aliphatic rings. The minimum Gasteiger partial charge on any atom is -0.353 e. The second-order valence-corrected chi connectivity index (χ2v) is 8.28. The zero-order valence-corrected chi connectivity index (χ0v) is 13.4. The van der Waals surface area contributed by atoms with E-state index in [9.17, 15) is 9.59 Å². The number of amides is 2. The number of hydrogen-bond acceptors (Lipinski definition) is 3. The summed E-state index contributed by atoms with van der Waals surface area (Å²) >= 11 is 0. The molecular formula is C16H27N3O2. The van der Waals surface area contributed by atoms with Gasteiger partial charge in [-0.05, 0) is 30.1 Å². The van der Waals surface area contributed by atoms with Crippen LogP contribution in [0, 0.1) is 10.8 Å². The molecule has 5 heteroatoms. The molecule has 0 spiro atoms. The van der Waals surface area contributed by atoms with Gasteiger partial charge in [0.1, 0.15) is 0 Å². The minimum atomic E-state index is -0.0390. The number of fused-ring (bicyclic) bond motifs is 2. The number of hydrogen-bond donors (Lipinski definition) is 1. The molecule has 0 aromatic rings. The highest BCUT2D eigenvalue weighted by molar-refractivity contribution is 5.86. The Balaban J connectivity index is 1.63. The summed E-state index contributed by atoms with van der Waals surface area (Å²) in [6.07, 6.45) is 3.63. The summed E-state index contributed by atoms with van der Waals surface area (Å²) in [7, 11) is 0.